The summed E-state index contributed by atoms with van der Waals surface area (Å²) in [5.41, 5.74) is 4.56. The molecule has 3 aromatic carbocycles. The summed E-state index contributed by atoms with van der Waals surface area (Å²) in [6, 6.07) is 21.4. The minimum atomic E-state index is -3.98. The van der Waals surface area contributed by atoms with Gasteiger partial charge in [-0.15, -0.1) is 0 Å². The van der Waals surface area contributed by atoms with E-state index in [4.69, 9.17) is 0 Å². The summed E-state index contributed by atoms with van der Waals surface area (Å²) in [4.78, 5) is 12.7. The average Bonchev–Trinajstić information content (AvgIpc) is 2.77. The number of aryl methyl sites for hydroxylation is 1. The van der Waals surface area contributed by atoms with Gasteiger partial charge in [-0.05, 0) is 50.2 Å². The van der Waals surface area contributed by atoms with Crippen molar-refractivity contribution < 1.29 is 18.3 Å². The van der Waals surface area contributed by atoms with Gasteiger partial charge in [-0.1, -0.05) is 48.0 Å². The van der Waals surface area contributed by atoms with Crippen molar-refractivity contribution in [1.82, 2.24) is 5.43 Å². The van der Waals surface area contributed by atoms with E-state index in [1.807, 2.05) is 6.92 Å². The first-order chi connectivity index (χ1) is 14.8. The zero-order chi connectivity index (χ0) is 22.4. The highest BCUT2D eigenvalue weighted by molar-refractivity contribution is 7.92. The molecule has 0 aliphatic carbocycles. The highest BCUT2D eigenvalue weighted by Gasteiger charge is 2.27. The molecule has 1 amide bonds. The second-order valence-corrected chi connectivity index (χ2v) is 8.77. The number of carbonyl (C=O) groups is 1. The van der Waals surface area contributed by atoms with Crippen molar-refractivity contribution in [2.75, 3.05) is 10.8 Å². The number of anilines is 1. The Kier molecular flexibility index (Phi) is 6.71. The zero-order valence-electron chi connectivity index (χ0n) is 17.2. The molecule has 0 saturated heterocycles. The van der Waals surface area contributed by atoms with Crippen molar-refractivity contribution in [3.05, 3.63) is 90.0 Å². The lowest BCUT2D eigenvalue weighted by Gasteiger charge is -2.23. The van der Waals surface area contributed by atoms with Gasteiger partial charge in [-0.2, -0.15) is 5.10 Å². The van der Waals surface area contributed by atoms with Crippen LogP contribution in [0.25, 0.3) is 0 Å². The SMILES string of the molecule is C/C(=N\NC(=O)CN(c1ccc(C)cc1)S(=O)(=O)c1ccccc1)c1ccccc1O. The lowest BCUT2D eigenvalue weighted by molar-refractivity contribution is -0.119. The minimum absolute atomic E-state index is 0.0333. The van der Waals surface area contributed by atoms with Gasteiger partial charge < -0.3 is 5.11 Å². The number of hydrogen-bond acceptors (Lipinski definition) is 5. The number of phenolic OH excluding ortho intramolecular Hbond substituents is 1. The number of phenols is 1. The summed E-state index contributed by atoms with van der Waals surface area (Å²) >= 11 is 0. The third kappa shape index (κ3) is 5.29. The highest BCUT2D eigenvalue weighted by atomic mass is 32.2. The largest absolute Gasteiger partial charge is 0.507 e. The van der Waals surface area contributed by atoms with E-state index in [1.54, 1.807) is 67.6 Å². The van der Waals surface area contributed by atoms with Crippen LogP contribution in [0.15, 0.2) is 88.9 Å². The van der Waals surface area contributed by atoms with Crippen LogP contribution in [-0.2, 0) is 14.8 Å². The Morgan fingerprint density at radius 1 is 0.968 bits per heavy atom. The van der Waals surface area contributed by atoms with E-state index in [9.17, 15) is 18.3 Å². The summed E-state index contributed by atoms with van der Waals surface area (Å²) in [5.74, 6) is -0.583. The second kappa shape index (κ2) is 9.44. The van der Waals surface area contributed by atoms with Gasteiger partial charge in [-0.25, -0.2) is 13.8 Å². The third-order valence-electron chi connectivity index (χ3n) is 4.58. The van der Waals surface area contributed by atoms with Crippen molar-refractivity contribution >= 4 is 27.3 Å². The first-order valence-electron chi connectivity index (χ1n) is 9.55. The van der Waals surface area contributed by atoms with E-state index < -0.39 is 22.5 Å². The van der Waals surface area contributed by atoms with Gasteiger partial charge in [0.15, 0.2) is 0 Å². The standard InChI is InChI=1S/C23H23N3O4S/c1-17-12-14-19(15-13-17)26(31(29,30)20-8-4-3-5-9-20)16-23(28)25-24-18(2)21-10-6-7-11-22(21)27/h3-15,27H,16H2,1-2H3,(H,25,28)/b24-18+. The number of amides is 1. The van der Waals surface area contributed by atoms with Crippen molar-refractivity contribution in [3.63, 3.8) is 0 Å². The van der Waals surface area contributed by atoms with Crippen LogP contribution >= 0.6 is 0 Å². The smallest absolute Gasteiger partial charge is 0.264 e. The minimum Gasteiger partial charge on any atom is -0.507 e. The second-order valence-electron chi connectivity index (χ2n) is 6.91. The number of rotatable bonds is 7. The first kappa shape index (κ1) is 22.0. The lowest BCUT2D eigenvalue weighted by Crippen LogP contribution is -2.39. The van der Waals surface area contributed by atoms with Gasteiger partial charge in [0.1, 0.15) is 12.3 Å². The Morgan fingerprint density at radius 3 is 2.23 bits per heavy atom. The molecule has 0 aliphatic heterocycles. The number of carbonyl (C=O) groups excluding carboxylic acids is 1. The molecule has 3 aromatic rings. The molecule has 3 rings (SSSR count). The summed E-state index contributed by atoms with van der Waals surface area (Å²) < 4.78 is 27.5. The van der Waals surface area contributed by atoms with Gasteiger partial charge in [-0.3, -0.25) is 9.10 Å². The van der Waals surface area contributed by atoms with Gasteiger partial charge in [0.25, 0.3) is 15.9 Å². The molecule has 0 aromatic heterocycles. The number of para-hydroxylation sites is 1. The maximum Gasteiger partial charge on any atom is 0.264 e. The van der Waals surface area contributed by atoms with Crippen LogP contribution in [0.2, 0.25) is 0 Å². The van der Waals surface area contributed by atoms with Crippen molar-refractivity contribution in [1.29, 1.82) is 0 Å². The number of aromatic hydroxyl groups is 1. The number of nitrogens with one attached hydrogen (secondary N) is 1. The molecule has 0 spiro atoms. The van der Waals surface area contributed by atoms with Crippen LogP contribution in [0.3, 0.4) is 0 Å². The fourth-order valence-electron chi connectivity index (χ4n) is 2.90. The van der Waals surface area contributed by atoms with Crippen molar-refractivity contribution in [2.45, 2.75) is 18.7 Å². The van der Waals surface area contributed by atoms with Gasteiger partial charge in [0.2, 0.25) is 0 Å². The van der Waals surface area contributed by atoms with E-state index >= 15 is 0 Å². The molecule has 2 N–H and O–H groups in total. The van der Waals surface area contributed by atoms with Gasteiger partial charge >= 0.3 is 0 Å². The molecule has 0 radical (unpaired) electrons. The molecular formula is C23H23N3O4S. The number of benzene rings is 3. The first-order valence-corrected chi connectivity index (χ1v) is 11.0. The Bertz CT molecular complexity index is 1190. The summed E-state index contributed by atoms with van der Waals surface area (Å²) in [7, 11) is -3.98. The maximum atomic E-state index is 13.2. The highest BCUT2D eigenvalue weighted by Crippen LogP contribution is 2.24. The van der Waals surface area contributed by atoms with Gasteiger partial charge in [0, 0.05) is 5.56 Å². The van der Waals surface area contributed by atoms with E-state index in [0.717, 1.165) is 9.87 Å². The third-order valence-corrected chi connectivity index (χ3v) is 6.37. The molecular weight excluding hydrogens is 414 g/mol. The lowest BCUT2D eigenvalue weighted by atomic mass is 10.1. The fourth-order valence-corrected chi connectivity index (χ4v) is 4.34. The quantitative estimate of drug-likeness (QED) is 0.437. The molecule has 31 heavy (non-hydrogen) atoms. The molecule has 0 aliphatic rings. The van der Waals surface area contributed by atoms with Crippen LogP contribution in [0.1, 0.15) is 18.1 Å². The van der Waals surface area contributed by atoms with Crippen molar-refractivity contribution in [3.8, 4) is 5.75 Å². The summed E-state index contributed by atoms with van der Waals surface area (Å²) in [5, 5.41) is 13.9. The van der Waals surface area contributed by atoms with Gasteiger partial charge in [0.05, 0.1) is 16.3 Å². The monoisotopic (exact) mass is 437 g/mol. The molecule has 160 valence electrons. The number of nitrogens with zero attached hydrogens (tertiary/aromatic N) is 2. The van der Waals surface area contributed by atoms with Crippen LogP contribution in [0.4, 0.5) is 5.69 Å². The Balaban J connectivity index is 1.87. The molecule has 7 nitrogen and oxygen atoms in total. The zero-order valence-corrected chi connectivity index (χ0v) is 18.0. The number of sulfonamides is 1. The normalized spacial score (nSPS) is 11.7. The Morgan fingerprint density at radius 2 is 1.58 bits per heavy atom. The molecule has 0 saturated carbocycles. The average molecular weight is 438 g/mol. The van der Waals surface area contributed by atoms with Crippen LogP contribution in [0.5, 0.6) is 5.75 Å². The van der Waals surface area contributed by atoms with Crippen LogP contribution < -0.4 is 9.73 Å². The topological polar surface area (TPSA) is 99.1 Å². The van der Waals surface area contributed by atoms with Crippen LogP contribution in [-0.4, -0.2) is 31.7 Å². The predicted octanol–water partition coefficient (Wildman–Crippen LogP) is 3.44. The predicted molar refractivity (Wildman–Crippen MR) is 121 cm³/mol. The van der Waals surface area contributed by atoms with Crippen LogP contribution in [0, 0.1) is 6.92 Å². The molecule has 8 heteroatoms. The van der Waals surface area contributed by atoms with E-state index in [2.05, 4.69) is 10.5 Å². The molecule has 0 heterocycles. The Hall–Kier alpha value is -3.65. The molecule has 0 bridgehead atoms. The molecule has 0 unspecified atom stereocenters. The molecule has 0 fully saturated rings. The van der Waals surface area contributed by atoms with Crippen molar-refractivity contribution in [2.24, 2.45) is 5.10 Å². The number of hydrogen-bond donors (Lipinski definition) is 2. The Labute approximate surface area is 181 Å². The van der Waals surface area contributed by atoms with E-state index in [0.29, 0.717) is 17.0 Å². The molecule has 0 atom stereocenters. The maximum absolute atomic E-state index is 13.2. The van der Waals surface area contributed by atoms with E-state index in [-0.39, 0.29) is 10.6 Å². The van der Waals surface area contributed by atoms with E-state index in [1.165, 1.54) is 18.2 Å². The summed E-state index contributed by atoms with van der Waals surface area (Å²) in [6.07, 6.45) is 0. The summed E-state index contributed by atoms with van der Waals surface area (Å²) in [6.45, 7) is 3.06. The fraction of sp³-hybridized carbons (Fsp3) is 0.130. The number of hydrazone groups is 1.